The van der Waals surface area contributed by atoms with Gasteiger partial charge in [0.05, 0.1) is 23.9 Å². The van der Waals surface area contributed by atoms with Crippen molar-refractivity contribution in [3.63, 3.8) is 0 Å². The third-order valence-corrected chi connectivity index (χ3v) is 5.74. The van der Waals surface area contributed by atoms with Crippen molar-refractivity contribution in [1.82, 2.24) is 9.80 Å². The first-order valence-corrected chi connectivity index (χ1v) is 9.99. The molecule has 0 aromatic heterocycles. The fourth-order valence-corrected chi connectivity index (χ4v) is 4.03. The number of nitrogens with two attached hydrogens (primary N) is 1. The maximum absolute atomic E-state index is 12.9. The number of nitrogens with zero attached hydrogens (tertiary/aromatic N) is 3. The number of benzene rings is 1. The molecule has 0 aliphatic carbocycles. The Kier molecular flexibility index (Phi) is 6.52. The summed E-state index contributed by atoms with van der Waals surface area (Å²) in [5.41, 5.74) is 11.2. The van der Waals surface area contributed by atoms with E-state index in [0.717, 1.165) is 22.4 Å². The standard InChI is InChI=1S/C22H27N7O/c1-27-21-16(11-23)3-2-4-18(21)19(13-25)15-5-8-28(9-6-15)22(30)29-10-7-20(26)17(12-24)14-29/h2-4,11-12,23-24,27H,5-10,14,26H2,1H3. The fraction of sp³-hybridized carbons (Fsp3) is 0.364. The lowest BCUT2D eigenvalue weighted by atomic mass is 9.92. The summed E-state index contributed by atoms with van der Waals surface area (Å²) in [5.74, 6) is 0. The summed E-state index contributed by atoms with van der Waals surface area (Å²) >= 11 is 0. The molecule has 2 aliphatic rings. The molecule has 1 aromatic carbocycles. The Bertz CT molecular complexity index is 960. The van der Waals surface area contributed by atoms with Crippen molar-refractivity contribution < 1.29 is 4.79 Å². The van der Waals surface area contributed by atoms with Gasteiger partial charge in [-0.25, -0.2) is 4.79 Å². The minimum atomic E-state index is -0.0406. The maximum Gasteiger partial charge on any atom is 0.320 e. The van der Waals surface area contributed by atoms with E-state index in [4.69, 9.17) is 16.6 Å². The number of likely N-dealkylation sites (tertiary alicyclic amines) is 1. The Hall–Kier alpha value is -3.60. The molecule has 3 rings (SSSR count). The van der Waals surface area contributed by atoms with Crippen molar-refractivity contribution in [2.24, 2.45) is 5.73 Å². The number of hydrogen-bond acceptors (Lipinski definition) is 6. The second kappa shape index (κ2) is 9.27. The summed E-state index contributed by atoms with van der Waals surface area (Å²) in [6.45, 7) is 2.04. The highest BCUT2D eigenvalue weighted by Gasteiger charge is 2.28. The molecule has 2 heterocycles. The highest BCUT2D eigenvalue weighted by molar-refractivity contribution is 5.95. The second-order valence-corrected chi connectivity index (χ2v) is 7.39. The van der Waals surface area contributed by atoms with Crippen LogP contribution in [0.25, 0.3) is 5.57 Å². The van der Waals surface area contributed by atoms with Gasteiger partial charge in [-0.15, -0.1) is 0 Å². The summed E-state index contributed by atoms with van der Waals surface area (Å²) < 4.78 is 0. The number of rotatable bonds is 4. The summed E-state index contributed by atoms with van der Waals surface area (Å²) in [7, 11) is 1.79. The second-order valence-electron chi connectivity index (χ2n) is 7.39. The molecular formula is C22H27N7O. The topological polar surface area (TPSA) is 133 Å². The quantitative estimate of drug-likeness (QED) is 0.453. The van der Waals surface area contributed by atoms with Crippen LogP contribution in [0.5, 0.6) is 0 Å². The van der Waals surface area contributed by atoms with Crippen LogP contribution in [0.1, 0.15) is 30.4 Å². The molecule has 30 heavy (non-hydrogen) atoms. The van der Waals surface area contributed by atoms with E-state index in [9.17, 15) is 10.1 Å². The van der Waals surface area contributed by atoms with Gasteiger partial charge in [0.2, 0.25) is 0 Å². The molecule has 0 atom stereocenters. The number of carbonyl (C=O) groups excluding carboxylic acids is 1. The number of carbonyl (C=O) groups is 1. The van der Waals surface area contributed by atoms with Crippen LogP contribution in [0.3, 0.4) is 0 Å². The molecule has 0 bridgehead atoms. The number of nitrogens with one attached hydrogen (secondary N) is 3. The molecule has 1 aromatic rings. The first kappa shape index (κ1) is 21.1. The Morgan fingerprint density at radius 3 is 2.47 bits per heavy atom. The van der Waals surface area contributed by atoms with Crippen LogP contribution in [0.2, 0.25) is 0 Å². The molecule has 156 valence electrons. The minimum Gasteiger partial charge on any atom is -0.402 e. The zero-order valence-electron chi connectivity index (χ0n) is 17.2. The zero-order chi connectivity index (χ0) is 21.7. The smallest absolute Gasteiger partial charge is 0.320 e. The summed E-state index contributed by atoms with van der Waals surface area (Å²) in [5, 5.41) is 28.0. The van der Waals surface area contributed by atoms with Crippen LogP contribution in [-0.2, 0) is 0 Å². The van der Waals surface area contributed by atoms with Gasteiger partial charge >= 0.3 is 6.03 Å². The van der Waals surface area contributed by atoms with Gasteiger partial charge < -0.3 is 31.7 Å². The SMILES string of the molecule is CNc1c(C=N)cccc1C(C#N)=C1CCN(C(=O)N2CCC(N)=C(C=N)C2)CC1. The van der Waals surface area contributed by atoms with Gasteiger partial charge in [0.25, 0.3) is 0 Å². The van der Waals surface area contributed by atoms with Gasteiger partial charge in [0, 0.05) is 67.9 Å². The van der Waals surface area contributed by atoms with Crippen molar-refractivity contribution in [2.45, 2.75) is 19.3 Å². The number of nitriles is 1. The molecule has 8 nitrogen and oxygen atoms in total. The number of para-hydroxylation sites is 1. The fourth-order valence-electron chi connectivity index (χ4n) is 4.03. The monoisotopic (exact) mass is 405 g/mol. The van der Waals surface area contributed by atoms with Crippen molar-refractivity contribution in [2.75, 3.05) is 38.5 Å². The molecule has 1 fully saturated rings. The highest BCUT2D eigenvalue weighted by Crippen LogP contribution is 2.32. The lowest BCUT2D eigenvalue weighted by Crippen LogP contribution is -2.48. The van der Waals surface area contributed by atoms with Crippen molar-refractivity contribution in [1.29, 1.82) is 16.1 Å². The molecular weight excluding hydrogens is 378 g/mol. The average molecular weight is 406 g/mol. The molecule has 5 N–H and O–H groups in total. The highest BCUT2D eigenvalue weighted by atomic mass is 16.2. The van der Waals surface area contributed by atoms with E-state index in [-0.39, 0.29) is 6.03 Å². The van der Waals surface area contributed by atoms with E-state index in [2.05, 4.69) is 11.4 Å². The largest absolute Gasteiger partial charge is 0.402 e. The molecule has 0 unspecified atom stereocenters. The molecule has 0 saturated carbocycles. The Morgan fingerprint density at radius 2 is 1.87 bits per heavy atom. The summed E-state index contributed by atoms with van der Waals surface area (Å²) in [6.07, 6.45) is 4.36. The first-order valence-electron chi connectivity index (χ1n) is 9.99. The van der Waals surface area contributed by atoms with Crippen LogP contribution in [-0.4, -0.2) is 61.5 Å². The van der Waals surface area contributed by atoms with Gasteiger partial charge in [-0.05, 0) is 18.4 Å². The number of piperidine rings is 1. The average Bonchev–Trinajstić information content (AvgIpc) is 2.79. The van der Waals surface area contributed by atoms with E-state index >= 15 is 0 Å². The van der Waals surface area contributed by atoms with Crippen LogP contribution in [0.4, 0.5) is 10.5 Å². The Morgan fingerprint density at radius 1 is 1.17 bits per heavy atom. The van der Waals surface area contributed by atoms with Crippen molar-refractivity contribution in [3.05, 3.63) is 46.2 Å². The van der Waals surface area contributed by atoms with E-state index in [0.29, 0.717) is 62.3 Å². The number of amides is 2. The van der Waals surface area contributed by atoms with E-state index in [1.54, 1.807) is 11.9 Å². The lowest BCUT2D eigenvalue weighted by Gasteiger charge is -2.36. The van der Waals surface area contributed by atoms with E-state index in [1.165, 1.54) is 12.4 Å². The maximum atomic E-state index is 12.9. The molecule has 2 amide bonds. The molecule has 2 aliphatic heterocycles. The van der Waals surface area contributed by atoms with Gasteiger partial charge in [-0.3, -0.25) is 0 Å². The van der Waals surface area contributed by atoms with Crippen LogP contribution in [0, 0.1) is 22.1 Å². The Labute approximate surface area is 176 Å². The summed E-state index contributed by atoms with van der Waals surface area (Å²) in [6, 6.07) is 7.89. The number of anilines is 1. The van der Waals surface area contributed by atoms with Crippen LogP contribution < -0.4 is 11.1 Å². The number of urea groups is 1. The van der Waals surface area contributed by atoms with Gasteiger partial charge in [-0.1, -0.05) is 18.2 Å². The third-order valence-electron chi connectivity index (χ3n) is 5.74. The van der Waals surface area contributed by atoms with Gasteiger partial charge in [0.1, 0.15) is 0 Å². The van der Waals surface area contributed by atoms with Gasteiger partial charge in [-0.2, -0.15) is 5.26 Å². The predicted molar refractivity (Wildman–Crippen MR) is 119 cm³/mol. The minimum absolute atomic E-state index is 0.0406. The van der Waals surface area contributed by atoms with Crippen LogP contribution >= 0.6 is 0 Å². The van der Waals surface area contributed by atoms with Gasteiger partial charge in [0.15, 0.2) is 0 Å². The first-order chi connectivity index (χ1) is 14.5. The molecule has 8 heteroatoms. The zero-order valence-corrected chi connectivity index (χ0v) is 17.2. The third kappa shape index (κ3) is 4.06. The lowest BCUT2D eigenvalue weighted by molar-refractivity contribution is 0.152. The Balaban J connectivity index is 1.76. The molecule has 1 saturated heterocycles. The van der Waals surface area contributed by atoms with Crippen molar-refractivity contribution in [3.8, 4) is 6.07 Å². The van der Waals surface area contributed by atoms with Crippen LogP contribution in [0.15, 0.2) is 35.0 Å². The number of allylic oxidation sites excluding steroid dienone is 1. The van der Waals surface area contributed by atoms with Crippen molar-refractivity contribution >= 4 is 29.7 Å². The molecule has 0 spiro atoms. The van der Waals surface area contributed by atoms with E-state index < -0.39 is 0 Å². The predicted octanol–water partition coefficient (Wildman–Crippen LogP) is 2.79. The normalized spacial score (nSPS) is 16.7. The molecule has 0 radical (unpaired) electrons. The summed E-state index contributed by atoms with van der Waals surface area (Å²) in [4.78, 5) is 16.5. The number of hydrogen-bond donors (Lipinski definition) is 4. The van der Waals surface area contributed by atoms with E-state index in [1.807, 2.05) is 23.1 Å².